The summed E-state index contributed by atoms with van der Waals surface area (Å²) in [4.78, 5) is 2.39. The van der Waals surface area contributed by atoms with Crippen LogP contribution < -0.4 is 4.90 Å². The third kappa shape index (κ3) is 5.96. The van der Waals surface area contributed by atoms with Gasteiger partial charge in [-0.2, -0.15) is 0 Å². The molecule has 0 fully saturated rings. The lowest BCUT2D eigenvalue weighted by atomic mass is 9.82. The Bertz CT molecular complexity index is 3100. The number of para-hydroxylation sites is 2. The molecule has 2 nitrogen and oxygen atoms in total. The fourth-order valence-corrected chi connectivity index (χ4v) is 9.23. The molecule has 0 bridgehead atoms. The Labute approximate surface area is 345 Å². The molecule has 1 aliphatic carbocycles. The van der Waals surface area contributed by atoms with Gasteiger partial charge in [0, 0.05) is 38.8 Å². The summed E-state index contributed by atoms with van der Waals surface area (Å²) in [5.41, 5.74) is 19.7. The molecule has 0 saturated carbocycles. The van der Waals surface area contributed by atoms with E-state index in [-0.39, 0.29) is 5.41 Å². The standard InChI is InChI=1S/C57H41NO/c1-57(2)53-22-11-9-18-49(53)50-33-32-47(37-54(50)57)58(46-30-26-41(27-31-46)48-20-13-21-52-51-19-10-12-23-55(51)59-56(48)52)45-28-24-40(25-29-45)44-35-42(38-14-5-3-6-15-38)34-43(36-44)39-16-7-4-8-17-39/h3-37H,1-2H3. The van der Waals surface area contributed by atoms with Crippen molar-refractivity contribution in [1.29, 1.82) is 0 Å². The molecular weight excluding hydrogens is 715 g/mol. The van der Waals surface area contributed by atoms with Crippen molar-refractivity contribution in [2.24, 2.45) is 0 Å². The van der Waals surface area contributed by atoms with Crippen molar-refractivity contribution in [2.75, 3.05) is 4.90 Å². The van der Waals surface area contributed by atoms with Crippen LogP contribution in [0.5, 0.6) is 0 Å². The van der Waals surface area contributed by atoms with Gasteiger partial charge in [-0.3, -0.25) is 0 Å². The lowest BCUT2D eigenvalue weighted by Crippen LogP contribution is -2.16. The van der Waals surface area contributed by atoms with Crippen LogP contribution in [0, 0.1) is 0 Å². The first-order chi connectivity index (χ1) is 29.0. The van der Waals surface area contributed by atoms with E-state index in [1.54, 1.807) is 0 Å². The van der Waals surface area contributed by atoms with Crippen molar-refractivity contribution in [1.82, 2.24) is 0 Å². The molecule has 0 spiro atoms. The summed E-state index contributed by atoms with van der Waals surface area (Å²) in [6, 6.07) is 76.9. The molecular formula is C57H41NO. The summed E-state index contributed by atoms with van der Waals surface area (Å²) in [7, 11) is 0. The lowest BCUT2D eigenvalue weighted by Gasteiger charge is -2.28. The molecule has 1 heterocycles. The number of hydrogen-bond acceptors (Lipinski definition) is 2. The predicted molar refractivity (Wildman–Crippen MR) is 248 cm³/mol. The number of benzene rings is 9. The van der Waals surface area contributed by atoms with Gasteiger partial charge in [-0.25, -0.2) is 0 Å². The van der Waals surface area contributed by atoms with Crippen LogP contribution in [0.2, 0.25) is 0 Å². The highest BCUT2D eigenvalue weighted by Crippen LogP contribution is 2.51. The Morgan fingerprint density at radius 3 is 1.49 bits per heavy atom. The molecule has 59 heavy (non-hydrogen) atoms. The second-order valence-electron chi connectivity index (χ2n) is 16.1. The third-order valence-corrected chi connectivity index (χ3v) is 12.3. The monoisotopic (exact) mass is 755 g/mol. The Hall–Kier alpha value is -7.42. The van der Waals surface area contributed by atoms with Gasteiger partial charge in [0.2, 0.25) is 0 Å². The number of hydrogen-bond donors (Lipinski definition) is 0. The summed E-state index contributed by atoms with van der Waals surface area (Å²) in [6.45, 7) is 4.70. The van der Waals surface area contributed by atoms with E-state index in [2.05, 4.69) is 219 Å². The molecule has 0 unspecified atom stereocenters. The maximum Gasteiger partial charge on any atom is 0.143 e. The van der Waals surface area contributed by atoms with Gasteiger partial charge >= 0.3 is 0 Å². The number of anilines is 3. The predicted octanol–water partition coefficient (Wildman–Crippen LogP) is 16.0. The van der Waals surface area contributed by atoms with Crippen molar-refractivity contribution in [3.05, 3.63) is 223 Å². The number of rotatable bonds is 7. The topological polar surface area (TPSA) is 16.4 Å². The van der Waals surface area contributed by atoms with E-state index in [9.17, 15) is 0 Å². The first-order valence-electron chi connectivity index (χ1n) is 20.4. The first kappa shape index (κ1) is 34.8. The Morgan fingerprint density at radius 1 is 0.339 bits per heavy atom. The fourth-order valence-electron chi connectivity index (χ4n) is 9.23. The molecule has 10 aromatic rings. The summed E-state index contributed by atoms with van der Waals surface area (Å²) in [5.74, 6) is 0. The van der Waals surface area contributed by atoms with Gasteiger partial charge in [0.15, 0.2) is 0 Å². The van der Waals surface area contributed by atoms with Gasteiger partial charge in [0.1, 0.15) is 11.2 Å². The minimum Gasteiger partial charge on any atom is -0.455 e. The summed E-state index contributed by atoms with van der Waals surface area (Å²) >= 11 is 0. The van der Waals surface area contributed by atoms with Crippen LogP contribution in [0.15, 0.2) is 217 Å². The van der Waals surface area contributed by atoms with Crippen LogP contribution in [0.3, 0.4) is 0 Å². The van der Waals surface area contributed by atoms with Crippen molar-refractivity contribution >= 4 is 39.0 Å². The van der Waals surface area contributed by atoms with Gasteiger partial charge in [0.05, 0.1) is 0 Å². The highest BCUT2D eigenvalue weighted by molar-refractivity contribution is 6.09. The number of furan rings is 1. The molecule has 0 aliphatic heterocycles. The first-order valence-corrected chi connectivity index (χ1v) is 20.4. The highest BCUT2D eigenvalue weighted by atomic mass is 16.3. The van der Waals surface area contributed by atoms with Crippen molar-refractivity contribution in [3.8, 4) is 55.6 Å². The van der Waals surface area contributed by atoms with Gasteiger partial charge in [-0.05, 0) is 122 Å². The molecule has 0 saturated heterocycles. The number of nitrogens with zero attached hydrogens (tertiary/aromatic N) is 1. The summed E-state index contributed by atoms with van der Waals surface area (Å²) in [5, 5.41) is 2.27. The van der Waals surface area contributed by atoms with E-state index in [4.69, 9.17) is 4.42 Å². The van der Waals surface area contributed by atoms with E-state index in [1.165, 1.54) is 55.6 Å². The van der Waals surface area contributed by atoms with Gasteiger partial charge < -0.3 is 9.32 Å². The lowest BCUT2D eigenvalue weighted by molar-refractivity contribution is 0.660. The Balaban J connectivity index is 1.02. The second-order valence-corrected chi connectivity index (χ2v) is 16.1. The Kier molecular flexibility index (Phi) is 8.20. The molecule has 2 heteroatoms. The normalized spacial score (nSPS) is 12.7. The minimum absolute atomic E-state index is 0.118. The van der Waals surface area contributed by atoms with Gasteiger partial charge in [-0.1, -0.05) is 166 Å². The zero-order valence-electron chi connectivity index (χ0n) is 33.1. The van der Waals surface area contributed by atoms with Crippen LogP contribution in [0.1, 0.15) is 25.0 Å². The van der Waals surface area contributed by atoms with Crippen LogP contribution in [0.25, 0.3) is 77.6 Å². The Morgan fingerprint density at radius 2 is 0.831 bits per heavy atom. The molecule has 0 amide bonds. The maximum absolute atomic E-state index is 6.45. The average molecular weight is 756 g/mol. The maximum atomic E-state index is 6.45. The molecule has 1 aromatic heterocycles. The van der Waals surface area contributed by atoms with E-state index in [0.29, 0.717) is 0 Å². The van der Waals surface area contributed by atoms with Crippen LogP contribution in [-0.4, -0.2) is 0 Å². The van der Waals surface area contributed by atoms with Gasteiger partial charge in [-0.15, -0.1) is 0 Å². The van der Waals surface area contributed by atoms with E-state index < -0.39 is 0 Å². The van der Waals surface area contributed by atoms with Crippen molar-refractivity contribution in [2.45, 2.75) is 19.3 Å². The highest BCUT2D eigenvalue weighted by Gasteiger charge is 2.35. The molecule has 1 aliphatic rings. The van der Waals surface area contributed by atoms with Gasteiger partial charge in [0.25, 0.3) is 0 Å². The average Bonchev–Trinajstić information content (AvgIpc) is 3.79. The summed E-state index contributed by atoms with van der Waals surface area (Å²) in [6.07, 6.45) is 0. The molecule has 11 rings (SSSR count). The van der Waals surface area contributed by atoms with Crippen molar-refractivity contribution in [3.63, 3.8) is 0 Å². The van der Waals surface area contributed by atoms with E-state index in [1.807, 2.05) is 12.1 Å². The largest absolute Gasteiger partial charge is 0.455 e. The second kappa shape index (κ2) is 13.9. The van der Waals surface area contributed by atoms with Crippen LogP contribution in [0.4, 0.5) is 17.1 Å². The molecule has 9 aromatic carbocycles. The number of fused-ring (bicyclic) bond motifs is 6. The molecule has 0 atom stereocenters. The zero-order valence-corrected chi connectivity index (χ0v) is 33.1. The van der Waals surface area contributed by atoms with E-state index >= 15 is 0 Å². The quantitative estimate of drug-likeness (QED) is 0.161. The summed E-state index contributed by atoms with van der Waals surface area (Å²) < 4.78 is 6.45. The van der Waals surface area contributed by atoms with Crippen LogP contribution in [-0.2, 0) is 5.41 Å². The van der Waals surface area contributed by atoms with Crippen LogP contribution >= 0.6 is 0 Å². The molecule has 0 radical (unpaired) electrons. The third-order valence-electron chi connectivity index (χ3n) is 12.3. The fraction of sp³-hybridized carbons (Fsp3) is 0.0526. The molecule has 280 valence electrons. The minimum atomic E-state index is -0.118. The SMILES string of the molecule is CC1(C)c2ccccc2-c2ccc(N(c3ccc(-c4cc(-c5ccccc5)cc(-c5ccccc5)c4)cc3)c3ccc(-c4cccc5c4oc4ccccc45)cc3)cc21. The molecule has 0 N–H and O–H groups in total. The zero-order chi connectivity index (χ0) is 39.5. The smallest absolute Gasteiger partial charge is 0.143 e. The van der Waals surface area contributed by atoms with E-state index in [0.717, 1.165) is 50.1 Å². The van der Waals surface area contributed by atoms with Crippen molar-refractivity contribution < 1.29 is 4.42 Å².